The molecule has 0 saturated heterocycles. The predicted octanol–water partition coefficient (Wildman–Crippen LogP) is 2.76. The average Bonchev–Trinajstić information content (AvgIpc) is 2.26. The van der Waals surface area contributed by atoms with Gasteiger partial charge in [0.05, 0.1) is 17.8 Å². The third kappa shape index (κ3) is 3.67. The van der Waals surface area contributed by atoms with E-state index in [-0.39, 0.29) is 20.8 Å². The van der Waals surface area contributed by atoms with Gasteiger partial charge in [0.1, 0.15) is 10.7 Å². The lowest BCUT2D eigenvalue weighted by atomic mass is 10.3. The Morgan fingerprint density at radius 2 is 2.29 bits per heavy atom. The maximum absolute atomic E-state index is 13.5. The summed E-state index contributed by atoms with van der Waals surface area (Å²) >= 11 is 3.70. The second kappa shape index (κ2) is 5.97. The van der Waals surface area contributed by atoms with Crippen molar-refractivity contribution in [1.29, 1.82) is 0 Å². The van der Waals surface area contributed by atoms with E-state index in [9.17, 15) is 19.3 Å². The first-order chi connectivity index (χ1) is 7.95. The molecule has 0 amide bonds. The molecule has 0 bridgehead atoms. The number of carbonyl (C=O) groups is 1. The quantitative estimate of drug-likeness (QED) is 0.369. The first-order valence-electron chi connectivity index (χ1n) is 4.28. The van der Waals surface area contributed by atoms with E-state index in [2.05, 4.69) is 20.7 Å². The van der Waals surface area contributed by atoms with E-state index in [0.717, 1.165) is 17.8 Å². The molecule has 0 aromatic heterocycles. The van der Waals surface area contributed by atoms with Crippen molar-refractivity contribution in [2.24, 2.45) is 0 Å². The molecule has 0 aliphatic heterocycles. The van der Waals surface area contributed by atoms with Crippen molar-refractivity contribution < 1.29 is 18.8 Å². The minimum absolute atomic E-state index is 0.177. The van der Waals surface area contributed by atoms with Gasteiger partial charge in [0.25, 0.3) is 5.69 Å². The first kappa shape index (κ1) is 13.9. The van der Waals surface area contributed by atoms with Crippen molar-refractivity contribution in [3.05, 3.63) is 32.5 Å². The molecule has 1 rings (SSSR count). The highest BCUT2D eigenvalue weighted by atomic mass is 79.9. The number of rotatable bonds is 4. The van der Waals surface area contributed by atoms with Gasteiger partial charge in [0, 0.05) is 10.5 Å². The molecule has 0 spiro atoms. The van der Waals surface area contributed by atoms with Crippen LogP contribution in [0.5, 0.6) is 0 Å². The number of nitro benzene ring substituents is 1. The normalized spacial score (nSPS) is 10.1. The number of methoxy groups -OCH3 is 1. The van der Waals surface area contributed by atoms with Crippen LogP contribution in [-0.2, 0) is 9.53 Å². The summed E-state index contributed by atoms with van der Waals surface area (Å²) in [7, 11) is 1.19. The lowest BCUT2D eigenvalue weighted by molar-refractivity contribution is -0.388. The topological polar surface area (TPSA) is 69.4 Å². The largest absolute Gasteiger partial charge is 0.468 e. The second-order valence-electron chi connectivity index (χ2n) is 2.86. The third-order valence-electron chi connectivity index (χ3n) is 1.75. The Bertz CT molecular complexity index is 469. The van der Waals surface area contributed by atoms with Gasteiger partial charge in [-0.2, -0.15) is 0 Å². The Hall–Kier alpha value is -1.15. The maximum Gasteiger partial charge on any atom is 0.315 e. The Morgan fingerprint density at radius 3 is 2.82 bits per heavy atom. The van der Waals surface area contributed by atoms with Gasteiger partial charge in [-0.3, -0.25) is 14.9 Å². The van der Waals surface area contributed by atoms with E-state index in [1.165, 1.54) is 13.2 Å². The summed E-state index contributed by atoms with van der Waals surface area (Å²) in [4.78, 5) is 20.8. The summed E-state index contributed by atoms with van der Waals surface area (Å²) in [6.07, 6.45) is 0. The molecule has 0 heterocycles. The van der Waals surface area contributed by atoms with Gasteiger partial charge in [0.15, 0.2) is 0 Å². The molecule has 5 nitrogen and oxygen atoms in total. The van der Waals surface area contributed by atoms with Gasteiger partial charge in [-0.1, -0.05) is 15.9 Å². The number of benzene rings is 1. The van der Waals surface area contributed by atoms with E-state index in [0.29, 0.717) is 0 Å². The number of thioether (sulfide) groups is 1. The van der Waals surface area contributed by atoms with Gasteiger partial charge in [-0.25, -0.2) is 4.39 Å². The predicted molar refractivity (Wildman–Crippen MR) is 63.5 cm³/mol. The molecule has 0 fully saturated rings. The number of nitro groups is 1. The SMILES string of the molecule is COC(=O)CSc1c(F)cc(Br)cc1[N+](=O)[O-]. The van der Waals surface area contributed by atoms with Gasteiger partial charge >= 0.3 is 5.97 Å². The standard InChI is InChI=1S/C9H7BrFNO4S/c1-16-8(13)4-17-9-6(11)2-5(10)3-7(9)12(14)15/h2-3H,4H2,1H3. The van der Waals surface area contributed by atoms with Crippen molar-refractivity contribution in [2.75, 3.05) is 12.9 Å². The van der Waals surface area contributed by atoms with Crippen LogP contribution in [0.4, 0.5) is 10.1 Å². The number of carbonyl (C=O) groups excluding carboxylic acids is 1. The highest BCUT2D eigenvalue weighted by Crippen LogP contribution is 2.34. The fourth-order valence-electron chi connectivity index (χ4n) is 1.02. The van der Waals surface area contributed by atoms with Crippen molar-refractivity contribution in [3.8, 4) is 0 Å². The zero-order chi connectivity index (χ0) is 13.0. The molecule has 8 heteroatoms. The minimum atomic E-state index is -0.750. The molecule has 1 aromatic rings. The second-order valence-corrected chi connectivity index (χ2v) is 4.76. The Kier molecular flexibility index (Phi) is 4.88. The highest BCUT2D eigenvalue weighted by Gasteiger charge is 2.21. The fourth-order valence-corrected chi connectivity index (χ4v) is 2.29. The van der Waals surface area contributed by atoms with E-state index in [4.69, 9.17) is 0 Å². The molecule has 0 aliphatic carbocycles. The molecule has 0 aliphatic rings. The highest BCUT2D eigenvalue weighted by molar-refractivity contribution is 9.10. The molecule has 0 atom stereocenters. The summed E-state index contributed by atoms with van der Waals surface area (Å²) in [6.45, 7) is 0. The molecule has 0 unspecified atom stereocenters. The first-order valence-corrected chi connectivity index (χ1v) is 6.06. The van der Waals surface area contributed by atoms with Crippen molar-refractivity contribution in [1.82, 2.24) is 0 Å². The van der Waals surface area contributed by atoms with Crippen molar-refractivity contribution in [3.63, 3.8) is 0 Å². The van der Waals surface area contributed by atoms with Crippen LogP contribution in [0.1, 0.15) is 0 Å². The van der Waals surface area contributed by atoms with Crippen LogP contribution >= 0.6 is 27.7 Å². The van der Waals surface area contributed by atoms with Gasteiger partial charge in [0.2, 0.25) is 0 Å². The molecule has 1 aromatic carbocycles. The summed E-state index contributed by atoms with van der Waals surface area (Å²) in [6, 6.07) is 2.29. The lowest BCUT2D eigenvalue weighted by Crippen LogP contribution is -2.04. The number of halogens is 2. The third-order valence-corrected chi connectivity index (χ3v) is 3.28. The zero-order valence-electron chi connectivity index (χ0n) is 8.61. The number of hydrogen-bond acceptors (Lipinski definition) is 5. The monoisotopic (exact) mass is 323 g/mol. The number of ether oxygens (including phenoxy) is 1. The van der Waals surface area contributed by atoms with Crippen LogP contribution < -0.4 is 0 Å². The molecule has 92 valence electrons. The number of nitrogens with zero attached hydrogens (tertiary/aromatic N) is 1. The van der Waals surface area contributed by atoms with Gasteiger partial charge in [-0.05, 0) is 6.07 Å². The molecular formula is C9H7BrFNO4S. The van der Waals surface area contributed by atoms with E-state index >= 15 is 0 Å². The maximum atomic E-state index is 13.5. The smallest absolute Gasteiger partial charge is 0.315 e. The summed E-state index contributed by atoms with van der Waals surface area (Å²) in [5.74, 6) is -1.51. The zero-order valence-corrected chi connectivity index (χ0v) is 11.0. The number of esters is 1. The Morgan fingerprint density at radius 1 is 1.65 bits per heavy atom. The molecule has 17 heavy (non-hydrogen) atoms. The van der Waals surface area contributed by atoms with Crippen LogP contribution in [0.2, 0.25) is 0 Å². The van der Waals surface area contributed by atoms with E-state index < -0.39 is 16.7 Å². The van der Waals surface area contributed by atoms with Gasteiger partial charge in [-0.15, -0.1) is 11.8 Å². The average molecular weight is 324 g/mol. The molecule has 0 saturated carbocycles. The summed E-state index contributed by atoms with van der Waals surface area (Å²) in [5.41, 5.74) is -0.384. The molecule has 0 radical (unpaired) electrons. The van der Waals surface area contributed by atoms with Crippen LogP contribution in [-0.4, -0.2) is 23.8 Å². The molecule has 0 N–H and O–H groups in total. The van der Waals surface area contributed by atoms with Gasteiger partial charge < -0.3 is 4.74 Å². The lowest BCUT2D eigenvalue weighted by Gasteiger charge is -2.04. The van der Waals surface area contributed by atoms with E-state index in [1.807, 2.05) is 0 Å². The summed E-state index contributed by atoms with van der Waals surface area (Å²) < 4.78 is 18.2. The minimum Gasteiger partial charge on any atom is -0.468 e. The van der Waals surface area contributed by atoms with Crippen molar-refractivity contribution in [2.45, 2.75) is 4.90 Å². The Balaban J connectivity index is 3.04. The van der Waals surface area contributed by atoms with Crippen LogP contribution in [0, 0.1) is 15.9 Å². The fraction of sp³-hybridized carbons (Fsp3) is 0.222. The summed E-state index contributed by atoms with van der Waals surface area (Å²) in [5, 5.41) is 10.7. The van der Waals surface area contributed by atoms with Crippen molar-refractivity contribution >= 4 is 39.3 Å². The van der Waals surface area contributed by atoms with E-state index in [1.54, 1.807) is 0 Å². The van der Waals surface area contributed by atoms with Crippen LogP contribution in [0.25, 0.3) is 0 Å². The number of hydrogen-bond donors (Lipinski definition) is 0. The van der Waals surface area contributed by atoms with Crippen LogP contribution in [0.15, 0.2) is 21.5 Å². The van der Waals surface area contributed by atoms with Crippen LogP contribution in [0.3, 0.4) is 0 Å². The Labute approximate surface area is 109 Å². The molecular weight excluding hydrogens is 317 g/mol.